The second kappa shape index (κ2) is 56.7. The summed E-state index contributed by atoms with van der Waals surface area (Å²) in [5.74, 6) is -0.545. The number of allylic oxidation sites excluding steroid dienone is 16. The number of rotatable bonds is 52. The summed E-state index contributed by atoms with van der Waals surface area (Å²) in [5.41, 5.74) is 0. The van der Waals surface area contributed by atoms with E-state index in [9.17, 15) is 19.8 Å². The van der Waals surface area contributed by atoms with Gasteiger partial charge in [-0.1, -0.05) is 253 Å². The molecule has 0 aliphatic rings. The molecule has 3 atom stereocenters. The molecule has 0 aliphatic heterocycles. The number of aliphatic hydroxyl groups is 2. The van der Waals surface area contributed by atoms with Crippen molar-refractivity contribution in [3.8, 4) is 0 Å². The Morgan fingerprint density at radius 1 is 0.429 bits per heavy atom. The van der Waals surface area contributed by atoms with Crippen molar-refractivity contribution >= 4 is 11.9 Å². The van der Waals surface area contributed by atoms with Crippen LogP contribution in [0.25, 0.3) is 0 Å². The fourth-order valence-corrected chi connectivity index (χ4v) is 8.47. The standard InChI is InChI=1S/C64H111NO5/c1-4-7-10-13-16-19-22-25-28-30-31-33-36-39-42-45-48-51-54-57-64(69)70-60(55-52-49-46-43-40-37-35-32-29-26-23-20-17-14-11-8-5-2)58-63(68)65-61(59-66)62(67)56-53-50-47-44-41-38-34-27-24-21-18-15-12-9-6-3/h8,11,16-17,19-20,25-26,28-29,31,33,35,37,43,46,60-62,66-67H,4-7,9-10,12-15,18,21-24,27,30,32,34,36,38-42,44-45,47-59H2,1-3H3,(H,65,68)/b11-8-,19-16-,20-17-,28-25-,29-26-,33-31-,37-35-,46-43-. The van der Waals surface area contributed by atoms with Gasteiger partial charge >= 0.3 is 5.97 Å². The minimum Gasteiger partial charge on any atom is -0.462 e. The van der Waals surface area contributed by atoms with Gasteiger partial charge in [0.15, 0.2) is 0 Å². The largest absolute Gasteiger partial charge is 0.462 e. The molecule has 6 nitrogen and oxygen atoms in total. The molecule has 0 radical (unpaired) electrons. The quantitative estimate of drug-likeness (QED) is 0.0321. The van der Waals surface area contributed by atoms with Crippen LogP contribution in [0.3, 0.4) is 0 Å². The number of unbranched alkanes of at least 4 members (excludes halogenated alkanes) is 24. The van der Waals surface area contributed by atoms with E-state index in [2.05, 4.69) is 123 Å². The molecule has 3 N–H and O–H groups in total. The SMILES string of the molecule is CC/C=C\C/C=C\C/C=C\C/C=C\C/C=C\CCCC(CC(=O)NC(CO)C(O)CCCCCCCCCCCCCCCCC)OC(=O)CCCCCCCC/C=C\C/C=C\C/C=C\CCCCC. The van der Waals surface area contributed by atoms with Crippen molar-refractivity contribution in [1.29, 1.82) is 0 Å². The molecule has 402 valence electrons. The summed E-state index contributed by atoms with van der Waals surface area (Å²) in [6.07, 6.45) is 76.1. The van der Waals surface area contributed by atoms with Gasteiger partial charge in [0.25, 0.3) is 0 Å². The molecule has 0 aromatic rings. The lowest BCUT2D eigenvalue weighted by Gasteiger charge is -2.24. The first-order valence-corrected chi connectivity index (χ1v) is 29.5. The Morgan fingerprint density at radius 2 is 0.786 bits per heavy atom. The maximum Gasteiger partial charge on any atom is 0.306 e. The number of aliphatic hydroxyl groups excluding tert-OH is 2. The summed E-state index contributed by atoms with van der Waals surface area (Å²) in [4.78, 5) is 26.3. The first kappa shape index (κ1) is 66.8. The third kappa shape index (κ3) is 51.1. The van der Waals surface area contributed by atoms with Gasteiger partial charge in [-0.2, -0.15) is 0 Å². The van der Waals surface area contributed by atoms with Gasteiger partial charge in [0.05, 0.1) is 25.2 Å². The lowest BCUT2D eigenvalue weighted by Crippen LogP contribution is -2.46. The lowest BCUT2D eigenvalue weighted by atomic mass is 10.0. The van der Waals surface area contributed by atoms with E-state index in [4.69, 9.17) is 4.74 Å². The van der Waals surface area contributed by atoms with E-state index in [1.807, 2.05) is 0 Å². The summed E-state index contributed by atoms with van der Waals surface area (Å²) < 4.78 is 5.93. The smallest absolute Gasteiger partial charge is 0.306 e. The molecule has 0 aliphatic carbocycles. The Bertz CT molecular complexity index is 1370. The highest BCUT2D eigenvalue weighted by molar-refractivity contribution is 5.77. The maximum absolute atomic E-state index is 13.3. The molecule has 0 spiro atoms. The van der Waals surface area contributed by atoms with Crippen LogP contribution in [0.2, 0.25) is 0 Å². The van der Waals surface area contributed by atoms with Gasteiger partial charge in [-0.05, 0) is 103 Å². The van der Waals surface area contributed by atoms with Gasteiger partial charge in [0.1, 0.15) is 6.10 Å². The van der Waals surface area contributed by atoms with Crippen molar-refractivity contribution in [2.75, 3.05) is 6.61 Å². The molecular formula is C64H111NO5. The first-order valence-electron chi connectivity index (χ1n) is 29.5. The number of amides is 1. The minimum absolute atomic E-state index is 0.0286. The molecular weight excluding hydrogens is 863 g/mol. The zero-order valence-corrected chi connectivity index (χ0v) is 45.9. The monoisotopic (exact) mass is 974 g/mol. The molecule has 0 saturated carbocycles. The topological polar surface area (TPSA) is 95.9 Å². The van der Waals surface area contributed by atoms with E-state index in [0.29, 0.717) is 19.3 Å². The molecule has 6 heteroatoms. The zero-order valence-electron chi connectivity index (χ0n) is 45.9. The van der Waals surface area contributed by atoms with Crippen molar-refractivity contribution in [3.05, 3.63) is 97.2 Å². The van der Waals surface area contributed by atoms with Crippen LogP contribution in [-0.2, 0) is 14.3 Å². The third-order valence-corrected chi connectivity index (χ3v) is 12.9. The third-order valence-electron chi connectivity index (χ3n) is 12.9. The number of esters is 1. The van der Waals surface area contributed by atoms with Crippen molar-refractivity contribution in [3.63, 3.8) is 0 Å². The number of carbonyl (C=O) groups excluding carboxylic acids is 2. The Morgan fingerprint density at radius 3 is 1.23 bits per heavy atom. The normalized spacial score (nSPS) is 13.8. The second-order valence-corrected chi connectivity index (χ2v) is 19.7. The molecule has 0 aromatic heterocycles. The summed E-state index contributed by atoms with van der Waals surface area (Å²) in [6, 6.07) is -0.729. The highest BCUT2D eigenvalue weighted by Crippen LogP contribution is 2.17. The van der Waals surface area contributed by atoms with Crippen LogP contribution < -0.4 is 5.32 Å². The predicted octanol–water partition coefficient (Wildman–Crippen LogP) is 18.5. The Labute approximate surface area is 433 Å². The molecule has 3 unspecified atom stereocenters. The summed E-state index contributed by atoms with van der Waals surface area (Å²) >= 11 is 0. The van der Waals surface area contributed by atoms with Crippen molar-refractivity contribution in [2.45, 2.75) is 289 Å². The van der Waals surface area contributed by atoms with E-state index < -0.39 is 18.2 Å². The van der Waals surface area contributed by atoms with Crippen molar-refractivity contribution in [1.82, 2.24) is 5.32 Å². The summed E-state index contributed by atoms with van der Waals surface area (Å²) in [5, 5.41) is 23.9. The maximum atomic E-state index is 13.3. The summed E-state index contributed by atoms with van der Waals surface area (Å²) in [7, 11) is 0. The highest BCUT2D eigenvalue weighted by atomic mass is 16.5. The number of hydrogen-bond acceptors (Lipinski definition) is 5. The van der Waals surface area contributed by atoms with Crippen LogP contribution in [0.15, 0.2) is 97.2 Å². The van der Waals surface area contributed by atoms with Gasteiger partial charge in [0.2, 0.25) is 5.91 Å². The minimum atomic E-state index is -0.812. The number of carbonyl (C=O) groups is 2. The lowest BCUT2D eigenvalue weighted by molar-refractivity contribution is -0.151. The van der Waals surface area contributed by atoms with Gasteiger partial charge in [-0.3, -0.25) is 9.59 Å². The van der Waals surface area contributed by atoms with Crippen molar-refractivity contribution < 1.29 is 24.5 Å². The van der Waals surface area contributed by atoms with Crippen LogP contribution in [0.5, 0.6) is 0 Å². The van der Waals surface area contributed by atoms with Crippen LogP contribution >= 0.6 is 0 Å². The molecule has 0 aromatic carbocycles. The fourth-order valence-electron chi connectivity index (χ4n) is 8.47. The molecule has 0 bridgehead atoms. The highest BCUT2D eigenvalue weighted by Gasteiger charge is 2.24. The van der Waals surface area contributed by atoms with Gasteiger partial charge in [-0.25, -0.2) is 0 Å². The molecule has 1 amide bonds. The zero-order chi connectivity index (χ0) is 50.9. The number of hydrogen-bond donors (Lipinski definition) is 3. The average Bonchev–Trinajstić information content (AvgIpc) is 3.35. The molecule has 0 heterocycles. The molecule has 0 rings (SSSR count). The second-order valence-electron chi connectivity index (χ2n) is 19.7. The van der Waals surface area contributed by atoms with E-state index in [1.165, 1.54) is 122 Å². The Kier molecular flexibility index (Phi) is 54.1. The fraction of sp³-hybridized carbons (Fsp3) is 0.719. The average molecular weight is 975 g/mol. The van der Waals surface area contributed by atoms with E-state index in [1.54, 1.807) is 0 Å². The summed E-state index contributed by atoms with van der Waals surface area (Å²) in [6.45, 7) is 6.34. The Hall–Kier alpha value is -3.22. The van der Waals surface area contributed by atoms with Crippen molar-refractivity contribution in [2.24, 2.45) is 0 Å². The van der Waals surface area contributed by atoms with E-state index in [-0.39, 0.29) is 24.9 Å². The Balaban J connectivity index is 4.69. The van der Waals surface area contributed by atoms with Gasteiger partial charge < -0.3 is 20.3 Å². The van der Waals surface area contributed by atoms with Crippen LogP contribution in [0.1, 0.15) is 271 Å². The molecule has 0 fully saturated rings. The first-order chi connectivity index (χ1) is 34.5. The van der Waals surface area contributed by atoms with Gasteiger partial charge in [-0.15, -0.1) is 0 Å². The van der Waals surface area contributed by atoms with Crippen LogP contribution in [0.4, 0.5) is 0 Å². The number of ether oxygens (including phenoxy) is 1. The predicted molar refractivity (Wildman–Crippen MR) is 305 cm³/mol. The number of nitrogens with one attached hydrogen (secondary N) is 1. The van der Waals surface area contributed by atoms with Crippen LogP contribution in [-0.4, -0.2) is 46.9 Å². The van der Waals surface area contributed by atoms with Crippen LogP contribution in [0, 0.1) is 0 Å². The molecule has 0 saturated heterocycles. The van der Waals surface area contributed by atoms with E-state index >= 15 is 0 Å². The van der Waals surface area contributed by atoms with Gasteiger partial charge in [0, 0.05) is 6.42 Å². The molecule has 70 heavy (non-hydrogen) atoms. The van der Waals surface area contributed by atoms with E-state index in [0.717, 1.165) is 103 Å².